The van der Waals surface area contributed by atoms with Crippen molar-refractivity contribution in [3.8, 4) is 5.75 Å². The molecule has 1 unspecified atom stereocenters. The van der Waals surface area contributed by atoms with E-state index in [4.69, 9.17) is 21.2 Å². The Labute approximate surface area is 201 Å². The highest BCUT2D eigenvalue weighted by molar-refractivity contribution is 6.30. The van der Waals surface area contributed by atoms with E-state index in [-0.39, 0.29) is 12.6 Å². The lowest BCUT2D eigenvalue weighted by Gasteiger charge is -2.30. The van der Waals surface area contributed by atoms with Crippen LogP contribution in [0.15, 0.2) is 61.2 Å². The minimum absolute atomic E-state index is 0.0975. The van der Waals surface area contributed by atoms with Crippen molar-refractivity contribution in [2.75, 3.05) is 5.32 Å². The summed E-state index contributed by atoms with van der Waals surface area (Å²) in [5.41, 5.74) is 1.58. The van der Waals surface area contributed by atoms with Crippen LogP contribution in [0.4, 0.5) is 5.69 Å². The summed E-state index contributed by atoms with van der Waals surface area (Å²) in [7, 11) is 0. The smallest absolute Gasteiger partial charge is 0.276 e. The van der Waals surface area contributed by atoms with Crippen LogP contribution in [-0.2, 0) is 16.2 Å². The van der Waals surface area contributed by atoms with Gasteiger partial charge in [-0.3, -0.25) is 14.6 Å². The van der Waals surface area contributed by atoms with E-state index in [9.17, 15) is 9.59 Å². The zero-order valence-corrected chi connectivity index (χ0v) is 19.1. The number of rotatable bonds is 10. The number of amides is 2. The zero-order valence-electron chi connectivity index (χ0n) is 18.3. The minimum Gasteiger partial charge on any atom is -0.486 e. The van der Waals surface area contributed by atoms with E-state index in [0.29, 0.717) is 27.8 Å². The van der Waals surface area contributed by atoms with Crippen molar-refractivity contribution in [3.63, 3.8) is 0 Å². The average molecular weight is 483 g/mol. The molecule has 1 saturated carbocycles. The third-order valence-electron chi connectivity index (χ3n) is 4.88. The van der Waals surface area contributed by atoms with E-state index in [1.807, 2.05) is 0 Å². The molecule has 1 atom stereocenters. The highest BCUT2D eigenvalue weighted by Gasteiger charge is 2.39. The van der Waals surface area contributed by atoms with Crippen LogP contribution in [0, 0.1) is 0 Å². The van der Waals surface area contributed by atoms with Gasteiger partial charge < -0.3 is 15.4 Å². The Balaban J connectivity index is 1.44. The predicted molar refractivity (Wildman–Crippen MR) is 124 cm³/mol. The summed E-state index contributed by atoms with van der Waals surface area (Å²) in [5, 5.41) is 6.38. The van der Waals surface area contributed by atoms with Crippen LogP contribution in [0.3, 0.4) is 0 Å². The maximum absolute atomic E-state index is 13.0. The van der Waals surface area contributed by atoms with Crippen molar-refractivity contribution < 1.29 is 19.2 Å². The summed E-state index contributed by atoms with van der Waals surface area (Å²) in [5.74, 6) is 0.0496. The fraction of sp³-hybridized carbons (Fsp3) is 0.261. The molecule has 34 heavy (non-hydrogen) atoms. The number of halogens is 1. The van der Waals surface area contributed by atoms with Crippen LogP contribution >= 0.6 is 11.6 Å². The van der Waals surface area contributed by atoms with Gasteiger partial charge in [0.2, 0.25) is 5.72 Å². The Kier molecular flexibility index (Phi) is 7.19. The largest absolute Gasteiger partial charge is 0.486 e. The molecule has 0 bridgehead atoms. The normalized spacial score (nSPS) is 14.5. The Morgan fingerprint density at radius 1 is 1.15 bits per heavy atom. The number of hydroxylamine groups is 1. The Morgan fingerprint density at radius 3 is 2.65 bits per heavy atom. The lowest BCUT2D eigenvalue weighted by atomic mass is 10.2. The SMILES string of the molecule is CC(Nc1cccc(OCc2ncc(Cl)cn2)c1)(ONC(=O)c1cccnc1)C(=O)NC1CC1. The molecule has 3 N–H and O–H groups in total. The average Bonchev–Trinajstić information content (AvgIpc) is 3.67. The molecule has 1 aromatic carbocycles. The summed E-state index contributed by atoms with van der Waals surface area (Å²) in [6.07, 6.45) is 7.75. The standard InChI is InChI=1S/C23H23ClN6O4/c1-23(22(32)28-17-7-8-17,34-30-21(31)15-4-3-9-25-11-15)29-18-5-2-6-19(10-18)33-14-20-26-12-16(24)13-27-20/h2-6,9-13,17,29H,7-8,14H2,1H3,(H,28,32)(H,30,31). The van der Waals surface area contributed by atoms with Gasteiger partial charge in [0, 0.05) is 42.6 Å². The first-order valence-electron chi connectivity index (χ1n) is 10.6. The molecular weight excluding hydrogens is 460 g/mol. The molecule has 1 aliphatic rings. The van der Waals surface area contributed by atoms with Crippen molar-refractivity contribution >= 4 is 29.1 Å². The Hall–Kier alpha value is -3.76. The molecule has 0 spiro atoms. The number of nitrogens with one attached hydrogen (secondary N) is 3. The summed E-state index contributed by atoms with van der Waals surface area (Å²) >= 11 is 5.80. The first-order chi connectivity index (χ1) is 16.4. The molecule has 0 radical (unpaired) electrons. The van der Waals surface area contributed by atoms with Gasteiger partial charge in [0.1, 0.15) is 12.4 Å². The van der Waals surface area contributed by atoms with Gasteiger partial charge in [-0.05, 0) is 44.0 Å². The summed E-state index contributed by atoms with van der Waals surface area (Å²) < 4.78 is 5.75. The first-order valence-corrected chi connectivity index (χ1v) is 11.0. The molecule has 2 amide bonds. The molecule has 2 aromatic heterocycles. The minimum atomic E-state index is -1.60. The Morgan fingerprint density at radius 2 is 1.94 bits per heavy atom. The maximum atomic E-state index is 13.0. The van der Waals surface area contributed by atoms with Crippen molar-refractivity contribution in [3.05, 3.63) is 77.6 Å². The second-order valence-electron chi connectivity index (χ2n) is 7.81. The summed E-state index contributed by atoms with van der Waals surface area (Å²) in [6, 6.07) is 10.3. The van der Waals surface area contributed by atoms with Gasteiger partial charge in [0.05, 0.1) is 10.6 Å². The van der Waals surface area contributed by atoms with E-state index < -0.39 is 17.5 Å². The zero-order chi connectivity index (χ0) is 24.0. The number of benzene rings is 1. The van der Waals surface area contributed by atoms with Crippen molar-refractivity contribution in [1.82, 2.24) is 25.7 Å². The monoisotopic (exact) mass is 482 g/mol. The number of carbonyl (C=O) groups is 2. The third-order valence-corrected chi connectivity index (χ3v) is 5.07. The molecule has 2 heterocycles. The molecule has 10 nitrogen and oxygen atoms in total. The van der Waals surface area contributed by atoms with Gasteiger partial charge >= 0.3 is 0 Å². The maximum Gasteiger partial charge on any atom is 0.276 e. The van der Waals surface area contributed by atoms with E-state index in [0.717, 1.165) is 12.8 Å². The number of aromatic nitrogens is 3. The molecule has 1 aliphatic carbocycles. The van der Waals surface area contributed by atoms with Crippen molar-refractivity contribution in [2.45, 2.75) is 38.1 Å². The van der Waals surface area contributed by atoms with Gasteiger partial charge in [0.25, 0.3) is 11.8 Å². The fourth-order valence-corrected chi connectivity index (χ4v) is 2.98. The highest BCUT2D eigenvalue weighted by Crippen LogP contribution is 2.24. The lowest BCUT2D eigenvalue weighted by molar-refractivity contribution is -0.147. The van der Waals surface area contributed by atoms with E-state index in [1.54, 1.807) is 42.6 Å². The number of hydrogen-bond donors (Lipinski definition) is 3. The second-order valence-corrected chi connectivity index (χ2v) is 8.25. The van der Waals surface area contributed by atoms with E-state index >= 15 is 0 Å². The van der Waals surface area contributed by atoms with E-state index in [2.05, 4.69) is 31.1 Å². The van der Waals surface area contributed by atoms with Crippen LogP contribution in [0.25, 0.3) is 0 Å². The van der Waals surface area contributed by atoms with Gasteiger partial charge in [-0.1, -0.05) is 17.7 Å². The van der Waals surface area contributed by atoms with Gasteiger partial charge in [-0.25, -0.2) is 20.3 Å². The van der Waals surface area contributed by atoms with Gasteiger partial charge in [0.15, 0.2) is 5.82 Å². The Bertz CT molecular complexity index is 1140. The number of carbonyl (C=O) groups excluding carboxylic acids is 2. The van der Waals surface area contributed by atoms with Crippen LogP contribution in [0.1, 0.15) is 35.9 Å². The molecular formula is C23H23ClN6O4. The molecule has 11 heteroatoms. The highest BCUT2D eigenvalue weighted by atomic mass is 35.5. The van der Waals surface area contributed by atoms with Gasteiger partial charge in [-0.15, -0.1) is 0 Å². The van der Waals surface area contributed by atoms with Crippen LogP contribution in [-0.4, -0.2) is 38.5 Å². The molecule has 0 saturated heterocycles. The molecule has 4 rings (SSSR count). The topological polar surface area (TPSA) is 127 Å². The fourth-order valence-electron chi connectivity index (χ4n) is 2.88. The summed E-state index contributed by atoms with van der Waals surface area (Å²) in [6.45, 7) is 1.67. The third kappa shape index (κ3) is 6.40. The number of nitrogens with zero attached hydrogens (tertiary/aromatic N) is 3. The van der Waals surface area contributed by atoms with Crippen LogP contribution in [0.2, 0.25) is 5.02 Å². The number of ether oxygens (including phenoxy) is 1. The molecule has 0 aliphatic heterocycles. The first kappa shape index (κ1) is 23.4. The quantitative estimate of drug-likeness (QED) is 0.297. The van der Waals surface area contributed by atoms with Crippen LogP contribution in [0.5, 0.6) is 5.75 Å². The lowest BCUT2D eigenvalue weighted by Crippen LogP contribution is -2.55. The van der Waals surface area contributed by atoms with Crippen molar-refractivity contribution in [2.24, 2.45) is 0 Å². The van der Waals surface area contributed by atoms with Gasteiger partial charge in [-0.2, -0.15) is 0 Å². The summed E-state index contributed by atoms with van der Waals surface area (Å²) in [4.78, 5) is 43.1. The predicted octanol–water partition coefficient (Wildman–Crippen LogP) is 2.87. The number of anilines is 1. The second kappa shape index (κ2) is 10.4. The number of pyridine rings is 1. The molecule has 1 fully saturated rings. The number of hydrogen-bond acceptors (Lipinski definition) is 8. The molecule has 3 aromatic rings. The van der Waals surface area contributed by atoms with E-state index in [1.165, 1.54) is 25.5 Å². The van der Waals surface area contributed by atoms with Crippen molar-refractivity contribution in [1.29, 1.82) is 0 Å². The van der Waals surface area contributed by atoms with Crippen LogP contribution < -0.4 is 20.9 Å². The molecule has 176 valence electrons.